The number of hydrogen-bond acceptors (Lipinski definition) is 0. The SMILES string of the molecule is C[Si](C)(C)CC1=CC=CC1.[Li]. The maximum atomic E-state index is 2.42. The molecule has 0 N–H and O–H groups in total. The van der Waals surface area contributed by atoms with E-state index in [0.29, 0.717) is 0 Å². The zero-order valence-corrected chi connectivity index (χ0v) is 9.15. The van der Waals surface area contributed by atoms with Gasteiger partial charge in [-0.2, -0.15) is 0 Å². The summed E-state index contributed by atoms with van der Waals surface area (Å²) >= 11 is 0. The van der Waals surface area contributed by atoms with Crippen LogP contribution in [0.3, 0.4) is 0 Å². The van der Waals surface area contributed by atoms with Crippen LogP contribution in [0.5, 0.6) is 0 Å². The Morgan fingerprint density at radius 1 is 1.36 bits per heavy atom. The Bertz CT molecular complexity index is 174. The van der Waals surface area contributed by atoms with Gasteiger partial charge in [-0.3, -0.25) is 0 Å². The summed E-state index contributed by atoms with van der Waals surface area (Å²) in [6, 6.07) is 1.38. The predicted molar refractivity (Wildman–Crippen MR) is 55.7 cm³/mol. The van der Waals surface area contributed by atoms with Gasteiger partial charge < -0.3 is 0 Å². The largest absolute Gasteiger partial charge is 0.0805 e. The Hall–Kier alpha value is 0.294. The fourth-order valence-corrected chi connectivity index (χ4v) is 2.93. The van der Waals surface area contributed by atoms with Crippen LogP contribution in [0.1, 0.15) is 6.42 Å². The minimum Gasteiger partial charge on any atom is -0.0805 e. The van der Waals surface area contributed by atoms with Crippen molar-refractivity contribution in [2.75, 3.05) is 0 Å². The zero-order valence-electron chi connectivity index (χ0n) is 8.15. The molecule has 0 heterocycles. The first-order valence-electron chi connectivity index (χ1n) is 3.92. The molecule has 0 fully saturated rings. The summed E-state index contributed by atoms with van der Waals surface area (Å²) in [6.07, 6.45) is 7.91. The Kier molecular flexibility index (Phi) is 4.47. The van der Waals surface area contributed by atoms with Crippen molar-refractivity contribution in [3.8, 4) is 0 Å². The standard InChI is InChI=1S/C9H16Si.Li/c1-10(2,3)8-9-6-4-5-7-9;/h4-6H,7-8H2,1-3H3;. The van der Waals surface area contributed by atoms with Crippen LogP contribution in [0.25, 0.3) is 0 Å². The smallest absolute Gasteiger partial charge is 0.0483 e. The zero-order chi connectivity index (χ0) is 7.61. The molecule has 0 amide bonds. The first-order valence-corrected chi connectivity index (χ1v) is 7.63. The average Bonchev–Trinajstić information content (AvgIpc) is 2.12. The third-order valence-corrected chi connectivity index (χ3v) is 3.12. The second-order valence-electron chi connectivity index (χ2n) is 4.19. The second kappa shape index (κ2) is 4.35. The Morgan fingerprint density at radius 3 is 2.36 bits per heavy atom. The molecule has 0 aromatic rings. The molecule has 1 aliphatic carbocycles. The molecule has 57 valence electrons. The van der Waals surface area contributed by atoms with E-state index in [1.54, 1.807) is 5.57 Å². The molecular formula is C9H16LiSi. The van der Waals surface area contributed by atoms with Crippen molar-refractivity contribution in [3.63, 3.8) is 0 Å². The first-order chi connectivity index (χ1) is 4.58. The molecule has 1 aliphatic rings. The average molecular weight is 159 g/mol. The third-order valence-electron chi connectivity index (χ3n) is 1.61. The van der Waals surface area contributed by atoms with Crippen LogP contribution in [-0.2, 0) is 0 Å². The van der Waals surface area contributed by atoms with Gasteiger partial charge in [0.2, 0.25) is 0 Å². The fraction of sp³-hybridized carbons (Fsp3) is 0.556. The molecule has 0 spiro atoms. The third kappa shape index (κ3) is 4.69. The Balaban J connectivity index is 0.000001000. The van der Waals surface area contributed by atoms with Gasteiger partial charge in [0, 0.05) is 26.9 Å². The molecule has 1 radical (unpaired) electrons. The molecule has 0 saturated heterocycles. The van der Waals surface area contributed by atoms with Crippen molar-refractivity contribution in [1.82, 2.24) is 0 Å². The van der Waals surface area contributed by atoms with E-state index in [9.17, 15) is 0 Å². The minimum absolute atomic E-state index is 0. The van der Waals surface area contributed by atoms with Gasteiger partial charge in [-0.05, 0) is 12.5 Å². The topological polar surface area (TPSA) is 0 Å². The van der Waals surface area contributed by atoms with E-state index in [-0.39, 0.29) is 18.9 Å². The van der Waals surface area contributed by atoms with Crippen molar-refractivity contribution >= 4 is 26.9 Å². The summed E-state index contributed by atoms with van der Waals surface area (Å²) in [5.74, 6) is 0. The van der Waals surface area contributed by atoms with Gasteiger partial charge >= 0.3 is 0 Å². The Labute approximate surface area is 83.0 Å². The monoisotopic (exact) mass is 159 g/mol. The van der Waals surface area contributed by atoms with Crippen molar-refractivity contribution in [2.24, 2.45) is 0 Å². The van der Waals surface area contributed by atoms with Crippen LogP contribution in [-0.4, -0.2) is 26.9 Å². The van der Waals surface area contributed by atoms with Gasteiger partial charge in [0.1, 0.15) is 0 Å². The number of allylic oxidation sites excluding steroid dienone is 4. The molecule has 11 heavy (non-hydrogen) atoms. The molecule has 0 aromatic carbocycles. The van der Waals surface area contributed by atoms with E-state index in [2.05, 4.69) is 37.9 Å². The molecule has 0 nitrogen and oxygen atoms in total. The maximum Gasteiger partial charge on any atom is 0.0483 e. The minimum atomic E-state index is -0.831. The van der Waals surface area contributed by atoms with Crippen molar-refractivity contribution in [3.05, 3.63) is 23.8 Å². The van der Waals surface area contributed by atoms with E-state index < -0.39 is 8.07 Å². The molecule has 0 atom stereocenters. The van der Waals surface area contributed by atoms with Gasteiger partial charge in [-0.25, -0.2) is 0 Å². The maximum absolute atomic E-state index is 2.42. The molecule has 0 aromatic heterocycles. The quantitative estimate of drug-likeness (QED) is 0.543. The van der Waals surface area contributed by atoms with Crippen LogP contribution in [0.2, 0.25) is 25.7 Å². The summed E-state index contributed by atoms with van der Waals surface area (Å²) in [5.41, 5.74) is 1.64. The van der Waals surface area contributed by atoms with Crippen LogP contribution in [0.15, 0.2) is 23.8 Å². The second-order valence-corrected chi connectivity index (χ2v) is 9.67. The number of hydrogen-bond donors (Lipinski definition) is 0. The molecule has 0 bridgehead atoms. The summed E-state index contributed by atoms with van der Waals surface area (Å²) in [6.45, 7) is 7.27. The van der Waals surface area contributed by atoms with Gasteiger partial charge in [0.15, 0.2) is 0 Å². The molecule has 0 saturated carbocycles. The molecule has 0 aliphatic heterocycles. The summed E-state index contributed by atoms with van der Waals surface area (Å²) in [4.78, 5) is 0. The van der Waals surface area contributed by atoms with Gasteiger partial charge in [-0.15, -0.1) is 0 Å². The van der Waals surface area contributed by atoms with Gasteiger partial charge in [0.05, 0.1) is 0 Å². The van der Waals surface area contributed by atoms with Crippen LogP contribution >= 0.6 is 0 Å². The van der Waals surface area contributed by atoms with Gasteiger partial charge in [-0.1, -0.05) is 43.4 Å². The Morgan fingerprint density at radius 2 is 2.00 bits per heavy atom. The van der Waals surface area contributed by atoms with E-state index in [1.807, 2.05) is 0 Å². The summed E-state index contributed by atoms with van der Waals surface area (Å²) < 4.78 is 0. The van der Waals surface area contributed by atoms with Crippen LogP contribution < -0.4 is 0 Å². The van der Waals surface area contributed by atoms with Crippen LogP contribution in [0, 0.1) is 0 Å². The van der Waals surface area contributed by atoms with E-state index in [4.69, 9.17) is 0 Å². The van der Waals surface area contributed by atoms with Crippen molar-refractivity contribution in [1.29, 1.82) is 0 Å². The molecule has 2 heteroatoms. The molecular weight excluding hydrogens is 143 g/mol. The first kappa shape index (κ1) is 11.3. The predicted octanol–water partition coefficient (Wildman–Crippen LogP) is 2.83. The van der Waals surface area contributed by atoms with E-state index in [0.717, 1.165) is 0 Å². The molecule has 1 rings (SSSR count). The summed E-state index contributed by atoms with van der Waals surface area (Å²) in [7, 11) is -0.831. The van der Waals surface area contributed by atoms with Crippen molar-refractivity contribution in [2.45, 2.75) is 32.1 Å². The van der Waals surface area contributed by atoms with E-state index >= 15 is 0 Å². The molecule has 0 unspecified atom stereocenters. The number of rotatable bonds is 2. The van der Waals surface area contributed by atoms with E-state index in [1.165, 1.54) is 12.5 Å². The summed E-state index contributed by atoms with van der Waals surface area (Å²) in [5, 5.41) is 0. The fourth-order valence-electron chi connectivity index (χ4n) is 1.30. The van der Waals surface area contributed by atoms with Gasteiger partial charge in [0.25, 0.3) is 0 Å². The van der Waals surface area contributed by atoms with Crippen molar-refractivity contribution < 1.29 is 0 Å². The van der Waals surface area contributed by atoms with Crippen LogP contribution in [0.4, 0.5) is 0 Å². The normalized spacial score (nSPS) is 16.1.